The highest BCUT2D eigenvalue weighted by Crippen LogP contribution is 2.57. The van der Waals surface area contributed by atoms with E-state index in [2.05, 4.69) is 24.2 Å². The van der Waals surface area contributed by atoms with Gasteiger partial charge >= 0.3 is 0 Å². The minimum Gasteiger partial charge on any atom is -0.370 e. The first-order valence-electron chi connectivity index (χ1n) is 6.66. The van der Waals surface area contributed by atoms with Crippen molar-refractivity contribution in [3.63, 3.8) is 0 Å². The second-order valence-corrected chi connectivity index (χ2v) is 5.97. The van der Waals surface area contributed by atoms with Crippen molar-refractivity contribution < 1.29 is 0 Å². The number of hydrogen-bond acceptors (Lipinski definition) is 1. The monoisotopic (exact) mass is 223 g/mol. The topological polar surface area (TPSA) is 50.4 Å². The van der Waals surface area contributed by atoms with Crippen LogP contribution in [0.5, 0.6) is 0 Å². The molecule has 3 N–H and O–H groups in total. The Morgan fingerprint density at radius 3 is 2.56 bits per heavy atom. The molecule has 2 fully saturated rings. The highest BCUT2D eigenvalue weighted by molar-refractivity contribution is 5.77. The summed E-state index contributed by atoms with van der Waals surface area (Å²) in [6, 6.07) is 0. The van der Waals surface area contributed by atoms with Gasteiger partial charge in [-0.2, -0.15) is 0 Å². The van der Waals surface area contributed by atoms with Gasteiger partial charge in [0.2, 0.25) is 0 Å². The first kappa shape index (κ1) is 11.7. The number of nitrogens with one attached hydrogen (secondary N) is 1. The summed E-state index contributed by atoms with van der Waals surface area (Å²) < 4.78 is 0. The molecule has 0 aromatic rings. The fourth-order valence-electron chi connectivity index (χ4n) is 2.63. The van der Waals surface area contributed by atoms with E-state index in [1.165, 1.54) is 32.1 Å². The van der Waals surface area contributed by atoms with Crippen LogP contribution in [0.2, 0.25) is 0 Å². The Hall–Kier alpha value is -0.730. The third-order valence-corrected chi connectivity index (χ3v) is 4.05. The van der Waals surface area contributed by atoms with Crippen LogP contribution in [0.15, 0.2) is 4.99 Å². The molecule has 0 aliphatic heterocycles. The maximum atomic E-state index is 5.87. The van der Waals surface area contributed by atoms with E-state index in [9.17, 15) is 0 Å². The zero-order chi connectivity index (χ0) is 11.6. The predicted molar refractivity (Wildman–Crippen MR) is 68.3 cm³/mol. The van der Waals surface area contributed by atoms with Crippen LogP contribution in [-0.4, -0.2) is 19.0 Å². The van der Waals surface area contributed by atoms with E-state index in [0.29, 0.717) is 17.3 Å². The van der Waals surface area contributed by atoms with Gasteiger partial charge in [-0.05, 0) is 42.9 Å². The molecule has 3 heteroatoms. The summed E-state index contributed by atoms with van der Waals surface area (Å²) >= 11 is 0. The van der Waals surface area contributed by atoms with Gasteiger partial charge in [0.1, 0.15) is 0 Å². The molecule has 0 aromatic heterocycles. The second kappa shape index (κ2) is 4.64. The van der Waals surface area contributed by atoms with E-state index < -0.39 is 0 Å². The predicted octanol–water partition coefficient (Wildman–Crippen LogP) is 2.13. The summed E-state index contributed by atoms with van der Waals surface area (Å²) in [7, 11) is 0. The third-order valence-electron chi connectivity index (χ3n) is 4.05. The Morgan fingerprint density at radius 2 is 2.12 bits per heavy atom. The highest BCUT2D eigenvalue weighted by Gasteiger charge is 2.48. The standard InChI is InChI=1S/C13H25N3/c1-10(2)8-15-12(14)16-9-13(6-3-7-13)11-4-5-11/h10-11H,3-9H2,1-2H3,(H3,14,15,16). The normalized spacial score (nSPS) is 24.3. The van der Waals surface area contributed by atoms with Crippen LogP contribution < -0.4 is 11.1 Å². The van der Waals surface area contributed by atoms with Crippen LogP contribution in [-0.2, 0) is 0 Å². The van der Waals surface area contributed by atoms with Gasteiger partial charge in [0.15, 0.2) is 5.96 Å². The maximum Gasteiger partial charge on any atom is 0.188 e. The van der Waals surface area contributed by atoms with Crippen molar-refractivity contribution in [2.75, 3.05) is 13.1 Å². The van der Waals surface area contributed by atoms with Crippen LogP contribution in [0.3, 0.4) is 0 Å². The number of nitrogens with two attached hydrogens (primary N) is 1. The molecule has 16 heavy (non-hydrogen) atoms. The molecule has 2 rings (SSSR count). The molecule has 0 saturated heterocycles. The molecule has 0 radical (unpaired) electrons. The van der Waals surface area contributed by atoms with Crippen LogP contribution >= 0.6 is 0 Å². The van der Waals surface area contributed by atoms with E-state index in [1.807, 2.05) is 0 Å². The molecular weight excluding hydrogens is 198 g/mol. The Labute approximate surface area is 98.9 Å². The molecular formula is C13H25N3. The minimum absolute atomic E-state index is 0.546. The molecule has 0 spiro atoms. The zero-order valence-corrected chi connectivity index (χ0v) is 10.6. The minimum atomic E-state index is 0.546. The Balaban J connectivity index is 1.77. The lowest BCUT2D eigenvalue weighted by Gasteiger charge is -2.41. The smallest absolute Gasteiger partial charge is 0.188 e. The fourth-order valence-corrected chi connectivity index (χ4v) is 2.63. The largest absolute Gasteiger partial charge is 0.370 e. The van der Waals surface area contributed by atoms with E-state index in [0.717, 1.165) is 19.0 Å². The van der Waals surface area contributed by atoms with Crippen molar-refractivity contribution in [3.8, 4) is 0 Å². The first-order chi connectivity index (χ1) is 7.62. The molecule has 0 unspecified atom stereocenters. The van der Waals surface area contributed by atoms with Gasteiger partial charge in [-0.25, -0.2) is 0 Å². The lowest BCUT2D eigenvalue weighted by atomic mass is 9.65. The van der Waals surface area contributed by atoms with Gasteiger partial charge in [-0.15, -0.1) is 0 Å². The summed E-state index contributed by atoms with van der Waals surface area (Å²) in [5.41, 5.74) is 6.41. The van der Waals surface area contributed by atoms with Crippen molar-refractivity contribution >= 4 is 5.96 Å². The lowest BCUT2D eigenvalue weighted by molar-refractivity contribution is 0.113. The second-order valence-electron chi connectivity index (χ2n) is 5.97. The summed E-state index contributed by atoms with van der Waals surface area (Å²) in [6.07, 6.45) is 6.99. The third kappa shape index (κ3) is 2.69. The van der Waals surface area contributed by atoms with E-state index in [1.54, 1.807) is 0 Å². The van der Waals surface area contributed by atoms with Gasteiger partial charge in [0.25, 0.3) is 0 Å². The SMILES string of the molecule is CC(C)CNC(N)=NCC1(C2CC2)CCC1. The molecule has 0 aromatic carbocycles. The van der Waals surface area contributed by atoms with Crippen LogP contribution in [0.4, 0.5) is 0 Å². The lowest BCUT2D eigenvalue weighted by Crippen LogP contribution is -2.39. The van der Waals surface area contributed by atoms with Gasteiger partial charge < -0.3 is 11.1 Å². The quantitative estimate of drug-likeness (QED) is 0.554. The van der Waals surface area contributed by atoms with Crippen LogP contribution in [0.1, 0.15) is 46.0 Å². The summed E-state index contributed by atoms with van der Waals surface area (Å²) in [5, 5.41) is 3.19. The van der Waals surface area contributed by atoms with Gasteiger partial charge in [-0.1, -0.05) is 20.3 Å². The van der Waals surface area contributed by atoms with Crippen LogP contribution in [0.25, 0.3) is 0 Å². The Morgan fingerprint density at radius 1 is 1.44 bits per heavy atom. The summed E-state index contributed by atoms with van der Waals surface area (Å²) in [4.78, 5) is 4.53. The first-order valence-corrected chi connectivity index (χ1v) is 6.66. The molecule has 92 valence electrons. The van der Waals surface area contributed by atoms with Crippen LogP contribution in [0, 0.1) is 17.3 Å². The summed E-state index contributed by atoms with van der Waals surface area (Å²) in [6.45, 7) is 6.23. The number of guanidine groups is 1. The van der Waals surface area contributed by atoms with E-state index in [4.69, 9.17) is 5.73 Å². The number of rotatable bonds is 5. The van der Waals surface area contributed by atoms with Crippen molar-refractivity contribution in [2.45, 2.75) is 46.0 Å². The molecule has 0 heterocycles. The number of nitrogens with zero attached hydrogens (tertiary/aromatic N) is 1. The van der Waals surface area contributed by atoms with Crippen molar-refractivity contribution in [3.05, 3.63) is 0 Å². The van der Waals surface area contributed by atoms with Crippen molar-refractivity contribution in [1.29, 1.82) is 0 Å². The molecule has 3 nitrogen and oxygen atoms in total. The van der Waals surface area contributed by atoms with Gasteiger partial charge in [0, 0.05) is 13.1 Å². The molecule has 2 saturated carbocycles. The van der Waals surface area contributed by atoms with Gasteiger partial charge in [-0.3, -0.25) is 4.99 Å². The fraction of sp³-hybridized carbons (Fsp3) is 0.923. The molecule has 2 aliphatic rings. The molecule has 2 aliphatic carbocycles. The average molecular weight is 223 g/mol. The Bertz CT molecular complexity index is 262. The number of aliphatic imine (C=N–C) groups is 1. The van der Waals surface area contributed by atoms with Crippen molar-refractivity contribution in [2.24, 2.45) is 28.0 Å². The van der Waals surface area contributed by atoms with E-state index >= 15 is 0 Å². The molecule has 0 atom stereocenters. The van der Waals surface area contributed by atoms with Crippen molar-refractivity contribution in [1.82, 2.24) is 5.32 Å². The number of hydrogen-bond donors (Lipinski definition) is 2. The highest BCUT2D eigenvalue weighted by atomic mass is 15.1. The van der Waals surface area contributed by atoms with Gasteiger partial charge in [0.05, 0.1) is 0 Å². The average Bonchev–Trinajstić information content (AvgIpc) is 2.97. The Kier molecular flexibility index (Phi) is 3.41. The van der Waals surface area contributed by atoms with E-state index in [-0.39, 0.29) is 0 Å². The molecule has 0 amide bonds. The zero-order valence-electron chi connectivity index (χ0n) is 10.6. The molecule has 0 bridgehead atoms. The maximum absolute atomic E-state index is 5.87. The summed E-state index contributed by atoms with van der Waals surface area (Å²) in [5.74, 6) is 2.22.